The van der Waals surface area contributed by atoms with Crippen molar-refractivity contribution in [3.8, 4) is 5.75 Å². The van der Waals surface area contributed by atoms with Gasteiger partial charge in [-0.3, -0.25) is 4.99 Å². The van der Waals surface area contributed by atoms with E-state index in [0.717, 1.165) is 17.9 Å². The lowest BCUT2D eigenvalue weighted by Crippen LogP contribution is -2.44. The molecule has 3 unspecified atom stereocenters. The van der Waals surface area contributed by atoms with Crippen LogP contribution in [0.3, 0.4) is 0 Å². The van der Waals surface area contributed by atoms with Gasteiger partial charge in [0.2, 0.25) is 0 Å². The van der Waals surface area contributed by atoms with E-state index in [-0.39, 0.29) is 12.6 Å². The number of nitrogens with zero attached hydrogens (tertiary/aromatic N) is 1. The molecule has 0 saturated heterocycles. The van der Waals surface area contributed by atoms with Crippen LogP contribution < -0.4 is 15.4 Å². The molecular formula is C22H31N3O2. The van der Waals surface area contributed by atoms with Crippen LogP contribution in [0.1, 0.15) is 43.9 Å². The third-order valence-electron chi connectivity index (χ3n) is 4.71. The van der Waals surface area contributed by atoms with Crippen LogP contribution in [0.4, 0.5) is 0 Å². The van der Waals surface area contributed by atoms with E-state index in [0.29, 0.717) is 11.9 Å². The summed E-state index contributed by atoms with van der Waals surface area (Å²) < 4.78 is 5.15. The number of aliphatic hydroxyl groups is 1. The molecule has 2 rings (SSSR count). The summed E-state index contributed by atoms with van der Waals surface area (Å²) in [5.41, 5.74) is 2.10. The van der Waals surface area contributed by atoms with Gasteiger partial charge in [0.05, 0.1) is 19.8 Å². The van der Waals surface area contributed by atoms with Gasteiger partial charge in [-0.1, -0.05) is 49.4 Å². The summed E-state index contributed by atoms with van der Waals surface area (Å²) in [7, 11) is 1.63. The molecule has 0 aliphatic rings. The highest BCUT2D eigenvalue weighted by atomic mass is 16.5. The number of hydrogen-bond acceptors (Lipinski definition) is 3. The first-order chi connectivity index (χ1) is 13.0. The van der Waals surface area contributed by atoms with E-state index in [2.05, 4.69) is 53.7 Å². The van der Waals surface area contributed by atoms with Gasteiger partial charge in [0.15, 0.2) is 5.96 Å². The van der Waals surface area contributed by atoms with Gasteiger partial charge in [0.1, 0.15) is 5.75 Å². The summed E-state index contributed by atoms with van der Waals surface area (Å²) in [6.07, 6.45) is -0.659. The van der Waals surface area contributed by atoms with Crippen LogP contribution in [0.25, 0.3) is 0 Å². The fraction of sp³-hybridized carbons (Fsp3) is 0.409. The quantitative estimate of drug-likeness (QED) is 0.492. The second-order valence-corrected chi connectivity index (χ2v) is 6.64. The highest BCUT2D eigenvalue weighted by Crippen LogP contribution is 2.19. The number of guanidine groups is 1. The van der Waals surface area contributed by atoms with Gasteiger partial charge < -0.3 is 20.5 Å². The lowest BCUT2D eigenvalue weighted by Gasteiger charge is -2.24. The summed E-state index contributed by atoms with van der Waals surface area (Å²) in [5.74, 6) is 1.81. The number of nitrogens with one attached hydrogen (secondary N) is 2. The third kappa shape index (κ3) is 6.29. The van der Waals surface area contributed by atoms with Crippen molar-refractivity contribution in [3.05, 3.63) is 65.7 Å². The van der Waals surface area contributed by atoms with Crippen LogP contribution in [0.15, 0.2) is 59.6 Å². The Hall–Kier alpha value is -2.53. The van der Waals surface area contributed by atoms with E-state index in [9.17, 15) is 5.11 Å². The van der Waals surface area contributed by atoms with Crippen LogP contribution in [0.5, 0.6) is 5.75 Å². The van der Waals surface area contributed by atoms with Gasteiger partial charge in [-0.2, -0.15) is 0 Å². The van der Waals surface area contributed by atoms with Gasteiger partial charge in [-0.05, 0) is 37.1 Å². The molecule has 27 heavy (non-hydrogen) atoms. The Morgan fingerprint density at radius 1 is 1.04 bits per heavy atom. The molecule has 0 amide bonds. The first-order valence-corrected chi connectivity index (χ1v) is 9.47. The Bertz CT molecular complexity index is 701. The number of benzene rings is 2. The molecule has 3 atom stereocenters. The predicted octanol–water partition coefficient (Wildman–Crippen LogP) is 3.48. The number of ether oxygens (including phenoxy) is 1. The monoisotopic (exact) mass is 369 g/mol. The number of methoxy groups -OCH3 is 1. The lowest BCUT2D eigenvalue weighted by atomic mass is 9.94. The molecule has 2 aromatic carbocycles. The average molecular weight is 370 g/mol. The minimum Gasteiger partial charge on any atom is -0.497 e. The molecule has 0 saturated carbocycles. The van der Waals surface area contributed by atoms with Gasteiger partial charge in [-0.15, -0.1) is 0 Å². The molecule has 0 bridgehead atoms. The Morgan fingerprint density at radius 3 is 2.30 bits per heavy atom. The molecule has 2 aromatic rings. The number of aliphatic hydroxyl groups excluding tert-OH is 1. The van der Waals surface area contributed by atoms with Crippen molar-refractivity contribution in [3.63, 3.8) is 0 Å². The van der Waals surface area contributed by atoms with Crippen molar-refractivity contribution in [1.82, 2.24) is 10.6 Å². The van der Waals surface area contributed by atoms with Crippen LogP contribution in [-0.2, 0) is 0 Å². The summed E-state index contributed by atoms with van der Waals surface area (Å²) in [6.45, 7) is 7.42. The second kappa shape index (κ2) is 10.6. The van der Waals surface area contributed by atoms with Crippen molar-refractivity contribution < 1.29 is 9.84 Å². The van der Waals surface area contributed by atoms with E-state index in [1.54, 1.807) is 7.11 Å². The summed E-state index contributed by atoms with van der Waals surface area (Å²) >= 11 is 0. The number of aliphatic imine (C=N–C) groups is 1. The van der Waals surface area contributed by atoms with Crippen LogP contribution in [0.2, 0.25) is 0 Å². The molecule has 5 nitrogen and oxygen atoms in total. The lowest BCUT2D eigenvalue weighted by molar-refractivity contribution is 0.187. The van der Waals surface area contributed by atoms with Crippen LogP contribution >= 0.6 is 0 Å². The average Bonchev–Trinajstić information content (AvgIpc) is 2.72. The van der Waals surface area contributed by atoms with Crippen molar-refractivity contribution in [1.29, 1.82) is 0 Å². The van der Waals surface area contributed by atoms with Gasteiger partial charge >= 0.3 is 0 Å². The number of rotatable bonds is 8. The largest absolute Gasteiger partial charge is 0.497 e. The molecular weight excluding hydrogens is 338 g/mol. The molecule has 0 heterocycles. The van der Waals surface area contributed by atoms with Crippen LogP contribution in [-0.4, -0.2) is 37.3 Å². The SMILES string of the molecule is CCNC(=NCC(O)c1ccc(OC)cc1)NC(C)C(C)c1ccccc1. The van der Waals surface area contributed by atoms with E-state index in [1.165, 1.54) is 5.56 Å². The zero-order valence-corrected chi connectivity index (χ0v) is 16.6. The fourth-order valence-corrected chi connectivity index (χ4v) is 2.82. The summed E-state index contributed by atoms with van der Waals surface area (Å²) in [4.78, 5) is 4.56. The standard InChI is InChI=1S/C22H31N3O2/c1-5-23-22(25-17(3)16(2)18-9-7-6-8-10-18)24-15-21(26)19-11-13-20(27-4)14-12-19/h6-14,16-17,21,26H,5,15H2,1-4H3,(H2,23,24,25). The van der Waals surface area contributed by atoms with Crippen LogP contribution in [0, 0.1) is 0 Å². The summed E-state index contributed by atoms with van der Waals surface area (Å²) in [6, 6.07) is 18.0. The molecule has 0 aliphatic heterocycles. The molecule has 5 heteroatoms. The Morgan fingerprint density at radius 2 is 1.70 bits per heavy atom. The molecule has 0 aliphatic carbocycles. The van der Waals surface area contributed by atoms with Crippen molar-refractivity contribution in [2.75, 3.05) is 20.2 Å². The maximum absolute atomic E-state index is 10.4. The van der Waals surface area contributed by atoms with Gasteiger partial charge in [0, 0.05) is 18.5 Å². The zero-order chi connectivity index (χ0) is 19.6. The molecule has 146 valence electrons. The maximum atomic E-state index is 10.4. The minimum atomic E-state index is -0.659. The van der Waals surface area contributed by atoms with Gasteiger partial charge in [-0.25, -0.2) is 0 Å². The molecule has 0 aromatic heterocycles. The Labute approximate surface area is 162 Å². The zero-order valence-electron chi connectivity index (χ0n) is 16.6. The first kappa shape index (κ1) is 20.8. The van der Waals surface area contributed by atoms with E-state index in [4.69, 9.17) is 4.74 Å². The van der Waals surface area contributed by atoms with Crippen molar-refractivity contribution >= 4 is 5.96 Å². The summed E-state index contributed by atoms with van der Waals surface area (Å²) in [5, 5.41) is 17.1. The smallest absolute Gasteiger partial charge is 0.191 e. The van der Waals surface area contributed by atoms with Crippen molar-refractivity contribution in [2.45, 2.75) is 38.8 Å². The topological polar surface area (TPSA) is 65.9 Å². The molecule has 0 fully saturated rings. The van der Waals surface area contributed by atoms with E-state index < -0.39 is 6.10 Å². The third-order valence-corrected chi connectivity index (χ3v) is 4.71. The first-order valence-electron chi connectivity index (χ1n) is 9.47. The predicted molar refractivity (Wildman–Crippen MR) is 111 cm³/mol. The van der Waals surface area contributed by atoms with Crippen molar-refractivity contribution in [2.24, 2.45) is 4.99 Å². The highest BCUT2D eigenvalue weighted by Gasteiger charge is 2.16. The molecule has 3 N–H and O–H groups in total. The molecule has 0 radical (unpaired) electrons. The minimum absolute atomic E-state index is 0.198. The molecule has 0 spiro atoms. The normalized spacial score (nSPS) is 14.9. The Balaban J connectivity index is 1.99. The number of hydrogen-bond donors (Lipinski definition) is 3. The van der Waals surface area contributed by atoms with E-state index >= 15 is 0 Å². The maximum Gasteiger partial charge on any atom is 0.191 e. The highest BCUT2D eigenvalue weighted by molar-refractivity contribution is 5.80. The Kier molecular flexibility index (Phi) is 8.14. The van der Waals surface area contributed by atoms with E-state index in [1.807, 2.05) is 37.3 Å². The second-order valence-electron chi connectivity index (χ2n) is 6.64. The fourth-order valence-electron chi connectivity index (χ4n) is 2.82. The van der Waals surface area contributed by atoms with Gasteiger partial charge in [0.25, 0.3) is 0 Å².